The molecule has 10 rings (SSSR count). The molecule has 0 saturated heterocycles. The Labute approximate surface area is 311 Å². The van der Waals surface area contributed by atoms with E-state index in [0.717, 1.165) is 34.3 Å². The predicted molar refractivity (Wildman–Crippen MR) is 226 cm³/mol. The first-order valence-electron chi connectivity index (χ1n) is 18.1. The number of hydrogen-bond donors (Lipinski definition) is 0. The van der Waals surface area contributed by atoms with Crippen molar-refractivity contribution in [1.29, 1.82) is 0 Å². The molecule has 0 fully saturated rings. The number of nitrogens with zero attached hydrogens (tertiary/aromatic N) is 4. The molecule has 1 atom stereocenters. The fraction of sp³-hybridized carbons (Fsp3) is 0.0833. The van der Waals surface area contributed by atoms with E-state index in [2.05, 4.69) is 192 Å². The molecule has 0 radical (unpaired) electrons. The van der Waals surface area contributed by atoms with Gasteiger partial charge in [0.25, 0.3) is 0 Å². The molecule has 1 aliphatic rings. The monoisotopic (exact) mass is 701 g/mol. The van der Waals surface area contributed by atoms with Gasteiger partial charge in [-0.2, -0.15) is 0 Å². The number of fused-ring (bicyclic) bond motifs is 6. The Hall–Kier alpha value is -6.17. The lowest BCUT2D eigenvalue weighted by molar-refractivity contribution is 0.745. The zero-order valence-electron chi connectivity index (χ0n) is 29.6. The molecule has 9 aromatic rings. The Kier molecular flexibility index (Phi) is 7.62. The van der Waals surface area contributed by atoms with Gasteiger partial charge in [0.05, 0.1) is 33.8 Å². The lowest BCUT2D eigenvalue weighted by atomic mass is 9.97. The van der Waals surface area contributed by atoms with Gasteiger partial charge in [0.15, 0.2) is 4.90 Å². The van der Waals surface area contributed by atoms with Crippen molar-refractivity contribution in [2.45, 2.75) is 17.4 Å². The first kappa shape index (κ1) is 31.6. The van der Waals surface area contributed by atoms with Gasteiger partial charge in [-0.05, 0) is 70.8 Å². The highest BCUT2D eigenvalue weighted by molar-refractivity contribution is 7.95. The van der Waals surface area contributed by atoms with Crippen LogP contribution in [0.25, 0.3) is 60.4 Å². The van der Waals surface area contributed by atoms with Crippen molar-refractivity contribution in [3.05, 3.63) is 181 Å². The molecule has 5 heteroatoms. The topological polar surface area (TPSA) is 34.6 Å². The van der Waals surface area contributed by atoms with Crippen LogP contribution in [0.2, 0.25) is 0 Å². The molecule has 0 spiro atoms. The van der Waals surface area contributed by atoms with E-state index >= 15 is 0 Å². The average molecular weight is 702 g/mol. The van der Waals surface area contributed by atoms with E-state index in [1.807, 2.05) is 0 Å². The third-order valence-corrected chi connectivity index (χ3v) is 11.8. The van der Waals surface area contributed by atoms with Crippen LogP contribution in [-0.4, -0.2) is 33.3 Å². The van der Waals surface area contributed by atoms with Gasteiger partial charge in [0.2, 0.25) is 5.96 Å². The molecule has 4 nitrogen and oxygen atoms in total. The van der Waals surface area contributed by atoms with E-state index in [9.17, 15) is 0 Å². The van der Waals surface area contributed by atoms with Crippen LogP contribution in [0.15, 0.2) is 185 Å². The molecule has 0 aliphatic carbocycles. The van der Waals surface area contributed by atoms with Crippen molar-refractivity contribution in [2.24, 2.45) is 9.98 Å². The summed E-state index contributed by atoms with van der Waals surface area (Å²) in [4.78, 5) is 12.1. The van der Waals surface area contributed by atoms with Gasteiger partial charge in [0, 0.05) is 44.5 Å². The van der Waals surface area contributed by atoms with Crippen molar-refractivity contribution < 1.29 is 0 Å². The molecule has 7 aromatic carbocycles. The highest BCUT2D eigenvalue weighted by Crippen LogP contribution is 2.38. The molecule has 2 aromatic heterocycles. The smallest absolute Gasteiger partial charge is 0.230 e. The van der Waals surface area contributed by atoms with E-state index in [-0.39, 0.29) is 16.9 Å². The molecule has 254 valence electrons. The standard InChI is InChI=1S/C48H37N4S/c1-53(2)37-25-23-36(24-26-37)51-44-19-11-9-17-38(44)40-27-21-34(29-46(40)51)35-22-28-41-39-18-10-12-20-45(39)52(47(41)30-35)48-49-42(32-13-5-3-6-14-32)31-43(50-48)33-15-7-4-8-16-33/h3-30,42H,31H2,1-2H3/q+1. The minimum atomic E-state index is -0.0438. The first-order chi connectivity index (χ1) is 26.1. The molecular weight excluding hydrogens is 665 g/mol. The Morgan fingerprint density at radius 2 is 1.02 bits per heavy atom. The number of rotatable bonds is 5. The summed E-state index contributed by atoms with van der Waals surface area (Å²) >= 11 is 0. The summed E-state index contributed by atoms with van der Waals surface area (Å²) in [5.74, 6) is 0.716. The fourth-order valence-electron chi connectivity index (χ4n) is 8.01. The molecule has 3 heterocycles. The molecule has 1 aliphatic heterocycles. The largest absolute Gasteiger partial charge is 0.309 e. The lowest BCUT2D eigenvalue weighted by Gasteiger charge is -2.22. The summed E-state index contributed by atoms with van der Waals surface area (Å²) in [6.45, 7) is 0. The van der Waals surface area contributed by atoms with Gasteiger partial charge < -0.3 is 4.57 Å². The van der Waals surface area contributed by atoms with Gasteiger partial charge in [0.1, 0.15) is 12.5 Å². The maximum absolute atomic E-state index is 5.39. The van der Waals surface area contributed by atoms with Gasteiger partial charge in [-0.1, -0.05) is 121 Å². The molecule has 0 bridgehead atoms. The summed E-state index contributed by atoms with van der Waals surface area (Å²) in [5, 5.41) is 4.89. The van der Waals surface area contributed by atoms with E-state index in [1.54, 1.807) is 0 Å². The van der Waals surface area contributed by atoms with Crippen LogP contribution in [0.4, 0.5) is 0 Å². The second kappa shape index (κ2) is 12.8. The Bertz CT molecular complexity index is 2880. The second-order valence-electron chi connectivity index (χ2n) is 14.0. The molecular formula is C48H37N4S+. The average Bonchev–Trinajstić information content (AvgIpc) is 3.73. The van der Waals surface area contributed by atoms with Crippen molar-refractivity contribution in [1.82, 2.24) is 9.13 Å². The maximum atomic E-state index is 5.39. The zero-order chi connectivity index (χ0) is 35.5. The maximum Gasteiger partial charge on any atom is 0.230 e. The number of aliphatic imine (C=N–C) groups is 2. The van der Waals surface area contributed by atoms with E-state index in [1.165, 1.54) is 54.3 Å². The Morgan fingerprint density at radius 3 is 1.64 bits per heavy atom. The SMILES string of the molecule is C[S+](C)c1ccc(-n2c3ccccc3c3ccc(-c4ccc5c6ccccc6n(C6=NC(c7ccccc7)CC(c7ccccc7)=N6)c5c4)cc32)cc1. The molecule has 0 saturated carbocycles. The van der Waals surface area contributed by atoms with E-state index < -0.39 is 0 Å². The zero-order valence-corrected chi connectivity index (χ0v) is 30.5. The normalized spacial score (nSPS) is 14.7. The summed E-state index contributed by atoms with van der Waals surface area (Å²) < 4.78 is 4.69. The molecule has 53 heavy (non-hydrogen) atoms. The number of hydrogen-bond acceptors (Lipinski definition) is 2. The summed E-state index contributed by atoms with van der Waals surface area (Å²) in [7, 11) is 0.210. The lowest BCUT2D eigenvalue weighted by Crippen LogP contribution is -2.21. The second-order valence-corrected chi connectivity index (χ2v) is 16.1. The van der Waals surface area contributed by atoms with Crippen molar-refractivity contribution >= 4 is 66.2 Å². The van der Waals surface area contributed by atoms with Crippen LogP contribution in [0.1, 0.15) is 23.6 Å². The van der Waals surface area contributed by atoms with Crippen LogP contribution in [-0.2, 0) is 10.9 Å². The molecule has 0 amide bonds. The van der Waals surface area contributed by atoms with E-state index in [0.29, 0.717) is 5.96 Å². The van der Waals surface area contributed by atoms with Crippen molar-refractivity contribution in [2.75, 3.05) is 12.5 Å². The van der Waals surface area contributed by atoms with Crippen LogP contribution < -0.4 is 0 Å². The van der Waals surface area contributed by atoms with Gasteiger partial charge in [-0.3, -0.25) is 4.57 Å². The summed E-state index contributed by atoms with van der Waals surface area (Å²) in [6.07, 6.45) is 5.29. The van der Waals surface area contributed by atoms with Crippen molar-refractivity contribution in [3.63, 3.8) is 0 Å². The molecule has 1 unspecified atom stereocenters. The molecule has 0 N–H and O–H groups in total. The van der Waals surface area contributed by atoms with Gasteiger partial charge >= 0.3 is 0 Å². The summed E-state index contributed by atoms with van der Waals surface area (Å²) in [6, 6.07) is 61.4. The van der Waals surface area contributed by atoms with E-state index in [4.69, 9.17) is 9.98 Å². The Balaban J connectivity index is 1.17. The number of benzene rings is 7. The van der Waals surface area contributed by atoms with Crippen LogP contribution >= 0.6 is 0 Å². The van der Waals surface area contributed by atoms with Crippen LogP contribution in [0.5, 0.6) is 0 Å². The number of aromatic nitrogens is 2. The third kappa shape index (κ3) is 5.39. The summed E-state index contributed by atoms with van der Waals surface area (Å²) in [5.41, 5.74) is 11.5. The van der Waals surface area contributed by atoms with Crippen LogP contribution in [0.3, 0.4) is 0 Å². The fourth-order valence-corrected chi connectivity index (χ4v) is 8.69. The minimum Gasteiger partial charge on any atom is -0.309 e. The highest BCUT2D eigenvalue weighted by atomic mass is 32.2. The predicted octanol–water partition coefficient (Wildman–Crippen LogP) is 11.6. The van der Waals surface area contributed by atoms with Gasteiger partial charge in [-0.15, -0.1) is 0 Å². The van der Waals surface area contributed by atoms with Crippen LogP contribution in [0, 0.1) is 0 Å². The van der Waals surface area contributed by atoms with Crippen molar-refractivity contribution in [3.8, 4) is 16.8 Å². The Morgan fingerprint density at radius 1 is 0.491 bits per heavy atom. The third-order valence-electron chi connectivity index (χ3n) is 10.6. The number of para-hydroxylation sites is 2. The highest BCUT2D eigenvalue weighted by Gasteiger charge is 2.25. The first-order valence-corrected chi connectivity index (χ1v) is 20.2. The minimum absolute atomic E-state index is 0.0438. The van der Waals surface area contributed by atoms with Gasteiger partial charge in [-0.25, -0.2) is 9.98 Å². The quantitative estimate of drug-likeness (QED) is 0.160.